The standard InChI is InChI=1S/C39H43Cl2N3O4S/c1-27-14-18-35(19-15-27)49(47,48)44(34-21-28(2)20-29(3)22-34)26-38(45)43(25-31-16-17-32(40)24-36(31)41)37(23-30-10-6-4-7-11-30)39(46)42-33-12-8-5-9-13-33/h4,6-7,10-11,14-22,24,33,37H,5,8-9,12-13,23,25-26H2,1-3H3,(H,42,46). The zero-order chi connectivity index (χ0) is 35.1. The van der Waals surface area contributed by atoms with Gasteiger partial charge in [0.25, 0.3) is 10.0 Å². The average molecular weight is 721 g/mol. The predicted molar refractivity (Wildman–Crippen MR) is 198 cm³/mol. The number of amides is 2. The Morgan fingerprint density at radius 2 is 1.47 bits per heavy atom. The Balaban J connectivity index is 1.60. The molecule has 0 aliphatic heterocycles. The molecule has 1 aliphatic rings. The maximum absolute atomic E-state index is 14.8. The van der Waals surface area contributed by atoms with Crippen LogP contribution in [0.5, 0.6) is 0 Å². The lowest BCUT2D eigenvalue weighted by Crippen LogP contribution is -2.55. The summed E-state index contributed by atoms with van der Waals surface area (Å²) >= 11 is 12.9. The molecule has 1 aliphatic carbocycles. The molecule has 1 atom stereocenters. The molecule has 0 heterocycles. The first-order valence-electron chi connectivity index (χ1n) is 16.7. The number of carbonyl (C=O) groups excluding carboxylic acids is 2. The molecule has 49 heavy (non-hydrogen) atoms. The molecule has 2 amide bonds. The number of anilines is 1. The molecule has 1 unspecified atom stereocenters. The van der Waals surface area contributed by atoms with Crippen molar-refractivity contribution in [2.75, 3.05) is 10.8 Å². The molecule has 5 rings (SSSR count). The summed E-state index contributed by atoms with van der Waals surface area (Å²) < 4.78 is 29.9. The van der Waals surface area contributed by atoms with Crippen molar-refractivity contribution >= 4 is 50.7 Å². The summed E-state index contributed by atoms with van der Waals surface area (Å²) in [6.07, 6.45) is 5.15. The van der Waals surface area contributed by atoms with Gasteiger partial charge in [0, 0.05) is 29.1 Å². The second kappa shape index (κ2) is 16.2. The monoisotopic (exact) mass is 719 g/mol. The molecule has 10 heteroatoms. The predicted octanol–water partition coefficient (Wildman–Crippen LogP) is 8.20. The lowest BCUT2D eigenvalue weighted by Gasteiger charge is -2.35. The van der Waals surface area contributed by atoms with Crippen molar-refractivity contribution in [2.45, 2.75) is 82.8 Å². The number of aryl methyl sites for hydroxylation is 3. The number of carbonyl (C=O) groups is 2. The Morgan fingerprint density at radius 3 is 2.10 bits per heavy atom. The minimum atomic E-state index is -4.21. The first-order valence-corrected chi connectivity index (χ1v) is 18.9. The van der Waals surface area contributed by atoms with Gasteiger partial charge in [-0.25, -0.2) is 8.42 Å². The Morgan fingerprint density at radius 1 is 0.816 bits per heavy atom. The third-order valence-electron chi connectivity index (χ3n) is 8.96. The number of benzene rings is 4. The number of hydrogen-bond donors (Lipinski definition) is 1. The van der Waals surface area contributed by atoms with Crippen molar-refractivity contribution in [3.8, 4) is 0 Å². The summed E-state index contributed by atoms with van der Waals surface area (Å²) in [5.74, 6) is -0.825. The summed E-state index contributed by atoms with van der Waals surface area (Å²) in [4.78, 5) is 30.6. The fraction of sp³-hybridized carbons (Fsp3) is 0.333. The molecule has 0 spiro atoms. The largest absolute Gasteiger partial charge is 0.352 e. The third kappa shape index (κ3) is 9.44. The van der Waals surface area contributed by atoms with Crippen molar-refractivity contribution in [3.63, 3.8) is 0 Å². The molecule has 0 aromatic heterocycles. The second-order valence-electron chi connectivity index (χ2n) is 13.0. The van der Waals surface area contributed by atoms with Gasteiger partial charge in [-0.15, -0.1) is 0 Å². The van der Waals surface area contributed by atoms with Gasteiger partial charge in [-0.1, -0.05) is 103 Å². The second-order valence-corrected chi connectivity index (χ2v) is 15.7. The lowest BCUT2D eigenvalue weighted by molar-refractivity contribution is -0.140. The maximum atomic E-state index is 14.8. The van der Waals surface area contributed by atoms with E-state index in [1.54, 1.807) is 54.6 Å². The van der Waals surface area contributed by atoms with Gasteiger partial charge >= 0.3 is 0 Å². The van der Waals surface area contributed by atoms with Gasteiger partial charge in [-0.05, 0) is 92.3 Å². The molecule has 1 saturated carbocycles. The van der Waals surface area contributed by atoms with Crippen LogP contribution in [0.25, 0.3) is 0 Å². The molecule has 258 valence electrons. The number of halogens is 2. The van der Waals surface area contributed by atoms with Gasteiger partial charge in [0.1, 0.15) is 12.6 Å². The van der Waals surface area contributed by atoms with Crippen LogP contribution in [0.2, 0.25) is 10.0 Å². The van der Waals surface area contributed by atoms with Gasteiger partial charge in [0.05, 0.1) is 10.6 Å². The summed E-state index contributed by atoms with van der Waals surface area (Å²) in [6.45, 7) is 5.08. The van der Waals surface area contributed by atoms with Crippen molar-refractivity contribution in [2.24, 2.45) is 0 Å². The van der Waals surface area contributed by atoms with E-state index in [0.717, 1.165) is 58.7 Å². The van der Waals surface area contributed by atoms with Gasteiger partial charge in [0.15, 0.2) is 0 Å². The van der Waals surface area contributed by atoms with Gasteiger partial charge in [0.2, 0.25) is 11.8 Å². The molecule has 4 aromatic rings. The first-order chi connectivity index (χ1) is 23.4. The van der Waals surface area contributed by atoms with Gasteiger partial charge < -0.3 is 10.2 Å². The molecule has 0 bridgehead atoms. The van der Waals surface area contributed by atoms with Crippen LogP contribution in [-0.4, -0.2) is 43.8 Å². The van der Waals surface area contributed by atoms with Gasteiger partial charge in [-0.2, -0.15) is 0 Å². The molecular weight excluding hydrogens is 677 g/mol. The maximum Gasteiger partial charge on any atom is 0.264 e. The Hall–Kier alpha value is -3.85. The van der Waals surface area contributed by atoms with Crippen LogP contribution in [0.3, 0.4) is 0 Å². The smallest absolute Gasteiger partial charge is 0.264 e. The SMILES string of the molecule is Cc1ccc(S(=O)(=O)N(CC(=O)N(Cc2ccc(Cl)cc2Cl)C(Cc2ccccc2)C(=O)NC2CCCCC2)c2cc(C)cc(C)c2)cc1. The van der Waals surface area contributed by atoms with E-state index in [-0.39, 0.29) is 29.8 Å². The molecule has 1 fully saturated rings. The first kappa shape index (κ1) is 36.4. The highest BCUT2D eigenvalue weighted by atomic mass is 35.5. The van der Waals surface area contributed by atoms with Crippen LogP contribution < -0.4 is 9.62 Å². The molecule has 0 saturated heterocycles. The van der Waals surface area contributed by atoms with Crippen LogP contribution in [-0.2, 0) is 32.6 Å². The number of sulfonamides is 1. The summed E-state index contributed by atoms with van der Waals surface area (Å²) in [5, 5.41) is 4.01. The number of nitrogens with one attached hydrogen (secondary N) is 1. The van der Waals surface area contributed by atoms with Crippen LogP contribution >= 0.6 is 23.2 Å². The van der Waals surface area contributed by atoms with Crippen LogP contribution in [0, 0.1) is 20.8 Å². The zero-order valence-corrected chi connectivity index (χ0v) is 30.5. The van der Waals surface area contributed by atoms with Crippen molar-refractivity contribution in [3.05, 3.63) is 129 Å². The molecule has 0 radical (unpaired) electrons. The highest BCUT2D eigenvalue weighted by molar-refractivity contribution is 7.92. The van der Waals surface area contributed by atoms with Crippen molar-refractivity contribution in [1.29, 1.82) is 0 Å². The average Bonchev–Trinajstić information content (AvgIpc) is 3.06. The fourth-order valence-electron chi connectivity index (χ4n) is 6.39. The van der Waals surface area contributed by atoms with Gasteiger partial charge in [-0.3, -0.25) is 13.9 Å². The summed E-state index contributed by atoms with van der Waals surface area (Å²) in [6, 6.07) is 25.6. The molecular formula is C39H43Cl2N3O4S. The van der Waals surface area contributed by atoms with E-state index < -0.39 is 28.5 Å². The highest BCUT2D eigenvalue weighted by Gasteiger charge is 2.36. The lowest BCUT2D eigenvalue weighted by atomic mass is 9.94. The Kier molecular flexibility index (Phi) is 12.1. The van der Waals surface area contributed by atoms with E-state index in [0.29, 0.717) is 21.3 Å². The van der Waals surface area contributed by atoms with E-state index in [2.05, 4.69) is 5.32 Å². The number of hydrogen-bond acceptors (Lipinski definition) is 4. The van der Waals surface area contributed by atoms with E-state index in [9.17, 15) is 18.0 Å². The normalized spacial score (nSPS) is 14.2. The van der Waals surface area contributed by atoms with Crippen LogP contribution in [0.4, 0.5) is 5.69 Å². The van der Waals surface area contributed by atoms with E-state index in [1.165, 1.54) is 4.90 Å². The zero-order valence-electron chi connectivity index (χ0n) is 28.2. The summed E-state index contributed by atoms with van der Waals surface area (Å²) in [5.41, 5.74) is 4.43. The molecule has 1 N–H and O–H groups in total. The topological polar surface area (TPSA) is 86.8 Å². The highest BCUT2D eigenvalue weighted by Crippen LogP contribution is 2.29. The third-order valence-corrected chi connectivity index (χ3v) is 11.3. The molecule has 7 nitrogen and oxygen atoms in total. The van der Waals surface area contributed by atoms with E-state index >= 15 is 0 Å². The van der Waals surface area contributed by atoms with Crippen LogP contribution in [0.1, 0.15) is 59.9 Å². The molecule has 4 aromatic carbocycles. The minimum absolute atomic E-state index is 0.00396. The fourth-order valence-corrected chi connectivity index (χ4v) is 8.26. The van der Waals surface area contributed by atoms with E-state index in [1.807, 2.05) is 57.2 Å². The quantitative estimate of drug-likeness (QED) is 0.160. The Bertz CT molecular complexity index is 1860. The van der Waals surface area contributed by atoms with E-state index in [4.69, 9.17) is 23.2 Å². The Labute approximate surface area is 300 Å². The summed E-state index contributed by atoms with van der Waals surface area (Å²) in [7, 11) is -4.21. The minimum Gasteiger partial charge on any atom is -0.352 e. The number of rotatable bonds is 12. The number of nitrogens with zero attached hydrogens (tertiary/aromatic N) is 2. The van der Waals surface area contributed by atoms with Crippen molar-refractivity contribution in [1.82, 2.24) is 10.2 Å². The van der Waals surface area contributed by atoms with Crippen molar-refractivity contribution < 1.29 is 18.0 Å². The van der Waals surface area contributed by atoms with Crippen LogP contribution in [0.15, 0.2) is 95.9 Å².